The van der Waals surface area contributed by atoms with E-state index in [0.29, 0.717) is 19.0 Å². The molecular weight excluding hydrogens is 270 g/mol. The highest BCUT2D eigenvalue weighted by Gasteiger charge is 2.15. The van der Waals surface area contributed by atoms with Crippen molar-refractivity contribution in [1.82, 2.24) is 15.6 Å². The van der Waals surface area contributed by atoms with Crippen LogP contribution in [0.2, 0.25) is 0 Å². The number of carboxylic acid groups (broad SMARTS) is 1. The summed E-state index contributed by atoms with van der Waals surface area (Å²) in [4.78, 5) is 26.6. The van der Waals surface area contributed by atoms with Crippen molar-refractivity contribution >= 4 is 12.0 Å². The van der Waals surface area contributed by atoms with Crippen molar-refractivity contribution < 1.29 is 14.7 Å². The second-order valence-corrected chi connectivity index (χ2v) is 5.48. The van der Waals surface area contributed by atoms with Gasteiger partial charge in [0, 0.05) is 19.2 Å². The van der Waals surface area contributed by atoms with Crippen LogP contribution in [0.15, 0.2) is 24.4 Å². The Hall–Kier alpha value is -2.11. The molecule has 21 heavy (non-hydrogen) atoms. The number of carboxylic acids is 1. The number of nitrogens with zero attached hydrogens (tertiary/aromatic N) is 1. The van der Waals surface area contributed by atoms with Crippen molar-refractivity contribution in [2.75, 3.05) is 6.54 Å². The molecule has 3 N–H and O–H groups in total. The number of urea groups is 1. The number of nitrogens with one attached hydrogen (secondary N) is 2. The van der Waals surface area contributed by atoms with Crippen molar-refractivity contribution in [2.24, 2.45) is 11.8 Å². The molecule has 1 heterocycles. The number of hydrogen-bond acceptors (Lipinski definition) is 3. The smallest absolute Gasteiger partial charge is 0.315 e. The van der Waals surface area contributed by atoms with E-state index in [2.05, 4.69) is 15.6 Å². The van der Waals surface area contributed by atoms with E-state index in [-0.39, 0.29) is 18.4 Å². The van der Waals surface area contributed by atoms with Crippen molar-refractivity contribution in [1.29, 1.82) is 0 Å². The standard InChI is InChI=1S/C15H23N3O3/c1-11(2)7-12(8-14(19)20)9-17-15(21)18-10-13-5-3-4-6-16-13/h3-6,11-12H,7-10H2,1-2H3,(H,19,20)(H2,17,18,21)/t12-/m0/s1. The lowest BCUT2D eigenvalue weighted by Crippen LogP contribution is -2.38. The first-order valence-electron chi connectivity index (χ1n) is 7.10. The number of rotatable bonds is 8. The van der Waals surface area contributed by atoms with E-state index in [1.165, 1.54) is 0 Å². The molecule has 0 radical (unpaired) electrons. The fourth-order valence-electron chi connectivity index (χ4n) is 2.13. The van der Waals surface area contributed by atoms with E-state index < -0.39 is 5.97 Å². The van der Waals surface area contributed by atoms with Gasteiger partial charge in [0.15, 0.2) is 0 Å². The van der Waals surface area contributed by atoms with Gasteiger partial charge in [-0.25, -0.2) is 4.79 Å². The summed E-state index contributed by atoms with van der Waals surface area (Å²) < 4.78 is 0. The predicted molar refractivity (Wildman–Crippen MR) is 79.7 cm³/mol. The summed E-state index contributed by atoms with van der Waals surface area (Å²) in [5.41, 5.74) is 0.775. The maximum absolute atomic E-state index is 11.7. The quantitative estimate of drug-likeness (QED) is 0.684. The van der Waals surface area contributed by atoms with Gasteiger partial charge in [-0.05, 0) is 30.4 Å². The molecule has 1 aromatic heterocycles. The number of pyridine rings is 1. The number of carbonyl (C=O) groups is 2. The van der Waals surface area contributed by atoms with Crippen LogP contribution in [0.25, 0.3) is 0 Å². The zero-order valence-corrected chi connectivity index (χ0v) is 12.5. The Kier molecular flexibility index (Phi) is 7.21. The number of carbonyl (C=O) groups excluding carboxylic acids is 1. The number of aromatic nitrogens is 1. The van der Waals surface area contributed by atoms with E-state index in [9.17, 15) is 9.59 Å². The molecule has 0 aliphatic rings. The molecule has 1 aromatic rings. The lowest BCUT2D eigenvalue weighted by Gasteiger charge is -2.18. The summed E-state index contributed by atoms with van der Waals surface area (Å²) in [6.45, 7) is 4.78. The molecule has 0 saturated heterocycles. The average molecular weight is 293 g/mol. The third-order valence-corrected chi connectivity index (χ3v) is 2.98. The number of aliphatic carboxylic acids is 1. The van der Waals surface area contributed by atoms with Crippen LogP contribution in [0.4, 0.5) is 4.79 Å². The Morgan fingerprint density at radius 3 is 2.62 bits per heavy atom. The monoisotopic (exact) mass is 293 g/mol. The lowest BCUT2D eigenvalue weighted by atomic mass is 9.94. The zero-order valence-electron chi connectivity index (χ0n) is 12.5. The molecule has 6 nitrogen and oxygen atoms in total. The molecule has 0 bridgehead atoms. The molecule has 0 aliphatic carbocycles. The minimum atomic E-state index is -0.837. The molecule has 6 heteroatoms. The maximum atomic E-state index is 11.7. The van der Waals surface area contributed by atoms with Gasteiger partial charge in [-0.3, -0.25) is 9.78 Å². The van der Waals surface area contributed by atoms with Crippen LogP contribution in [-0.4, -0.2) is 28.6 Å². The molecule has 0 aromatic carbocycles. The SMILES string of the molecule is CC(C)C[C@H](CNC(=O)NCc1ccccn1)CC(=O)O. The molecule has 0 aliphatic heterocycles. The maximum Gasteiger partial charge on any atom is 0.315 e. The predicted octanol–water partition coefficient (Wildman–Crippen LogP) is 2.02. The minimum Gasteiger partial charge on any atom is -0.481 e. The minimum absolute atomic E-state index is 0.0527. The lowest BCUT2D eigenvalue weighted by molar-refractivity contribution is -0.138. The van der Waals surface area contributed by atoms with E-state index >= 15 is 0 Å². The van der Waals surface area contributed by atoms with E-state index in [1.807, 2.05) is 32.0 Å². The fraction of sp³-hybridized carbons (Fsp3) is 0.533. The van der Waals surface area contributed by atoms with Crippen LogP contribution in [-0.2, 0) is 11.3 Å². The Labute approximate surface area is 125 Å². The van der Waals surface area contributed by atoms with Gasteiger partial charge >= 0.3 is 12.0 Å². The Morgan fingerprint density at radius 2 is 2.05 bits per heavy atom. The van der Waals surface area contributed by atoms with Crippen LogP contribution in [0.5, 0.6) is 0 Å². The molecule has 1 atom stereocenters. The number of amides is 2. The van der Waals surface area contributed by atoms with Crippen LogP contribution in [0.3, 0.4) is 0 Å². The first-order chi connectivity index (χ1) is 9.97. The average Bonchev–Trinajstić information content (AvgIpc) is 2.42. The van der Waals surface area contributed by atoms with Crippen LogP contribution >= 0.6 is 0 Å². The molecule has 0 saturated carbocycles. The number of hydrogen-bond donors (Lipinski definition) is 3. The van der Waals surface area contributed by atoms with Crippen LogP contribution in [0, 0.1) is 11.8 Å². The summed E-state index contributed by atoms with van der Waals surface area (Å²) in [5, 5.41) is 14.3. The second kappa shape index (κ2) is 8.94. The van der Waals surface area contributed by atoms with Crippen LogP contribution < -0.4 is 10.6 Å². The normalized spacial score (nSPS) is 12.0. The fourth-order valence-corrected chi connectivity index (χ4v) is 2.13. The van der Waals surface area contributed by atoms with Gasteiger partial charge in [0.1, 0.15) is 0 Å². The van der Waals surface area contributed by atoms with Gasteiger partial charge in [0.2, 0.25) is 0 Å². The molecule has 116 valence electrons. The Bertz CT molecular complexity index is 449. The van der Waals surface area contributed by atoms with E-state index in [1.54, 1.807) is 6.20 Å². The summed E-state index contributed by atoms with van der Waals surface area (Å²) in [5.74, 6) is -0.493. The van der Waals surface area contributed by atoms with Crippen LogP contribution in [0.1, 0.15) is 32.4 Å². The van der Waals surface area contributed by atoms with Gasteiger partial charge in [0.25, 0.3) is 0 Å². The first kappa shape index (κ1) is 16.9. The third kappa shape index (κ3) is 7.91. The van der Waals surface area contributed by atoms with Crippen molar-refractivity contribution in [3.8, 4) is 0 Å². The molecule has 0 fully saturated rings. The van der Waals surface area contributed by atoms with Gasteiger partial charge < -0.3 is 15.7 Å². The highest BCUT2D eigenvalue weighted by atomic mass is 16.4. The van der Waals surface area contributed by atoms with Crippen molar-refractivity contribution in [3.63, 3.8) is 0 Å². The van der Waals surface area contributed by atoms with Gasteiger partial charge in [-0.15, -0.1) is 0 Å². The molecule has 0 unspecified atom stereocenters. The topological polar surface area (TPSA) is 91.3 Å². The molecule has 2 amide bonds. The van der Waals surface area contributed by atoms with E-state index in [0.717, 1.165) is 12.1 Å². The second-order valence-electron chi connectivity index (χ2n) is 5.48. The Morgan fingerprint density at radius 1 is 1.29 bits per heavy atom. The highest BCUT2D eigenvalue weighted by molar-refractivity contribution is 5.74. The highest BCUT2D eigenvalue weighted by Crippen LogP contribution is 2.14. The zero-order chi connectivity index (χ0) is 15.7. The summed E-state index contributed by atoms with van der Waals surface area (Å²) in [7, 11) is 0. The Balaban J connectivity index is 2.33. The third-order valence-electron chi connectivity index (χ3n) is 2.98. The van der Waals surface area contributed by atoms with Crippen molar-refractivity contribution in [2.45, 2.75) is 33.2 Å². The van der Waals surface area contributed by atoms with Crippen molar-refractivity contribution in [3.05, 3.63) is 30.1 Å². The molecule has 1 rings (SSSR count). The van der Waals surface area contributed by atoms with Gasteiger partial charge in [0.05, 0.1) is 12.2 Å². The summed E-state index contributed by atoms with van der Waals surface area (Å²) in [6, 6.07) is 5.19. The molecular formula is C15H23N3O3. The summed E-state index contributed by atoms with van der Waals surface area (Å²) in [6.07, 6.45) is 2.51. The summed E-state index contributed by atoms with van der Waals surface area (Å²) >= 11 is 0. The van der Waals surface area contributed by atoms with Gasteiger partial charge in [-0.2, -0.15) is 0 Å². The van der Waals surface area contributed by atoms with E-state index in [4.69, 9.17) is 5.11 Å². The largest absolute Gasteiger partial charge is 0.481 e. The molecule has 0 spiro atoms. The van der Waals surface area contributed by atoms with Gasteiger partial charge in [-0.1, -0.05) is 19.9 Å². The first-order valence-corrected chi connectivity index (χ1v) is 7.10.